The molecule has 14 heteroatoms. The van der Waals surface area contributed by atoms with E-state index in [1.165, 1.54) is 0 Å². The third-order valence-electron chi connectivity index (χ3n) is 11.2. The van der Waals surface area contributed by atoms with Gasteiger partial charge >= 0.3 is 7.12 Å². The van der Waals surface area contributed by atoms with Crippen LogP contribution < -0.4 is 5.46 Å². The van der Waals surface area contributed by atoms with Gasteiger partial charge in [-0.2, -0.15) is 0 Å². The van der Waals surface area contributed by atoms with Crippen LogP contribution in [0.15, 0.2) is 151 Å². The molecular formula is C48H40BBrN8O4. The first-order valence-corrected chi connectivity index (χ1v) is 20.7. The van der Waals surface area contributed by atoms with Crippen molar-refractivity contribution < 1.29 is 19.5 Å². The number of phenolic OH excluding ortho intramolecular Hbond substituents is 2. The van der Waals surface area contributed by atoms with E-state index in [0.29, 0.717) is 0 Å². The molecule has 1 aliphatic heterocycles. The smallest absolute Gasteiger partial charge is 0.494 e. The van der Waals surface area contributed by atoms with Crippen LogP contribution in [0.5, 0.6) is 11.5 Å². The Kier molecular flexibility index (Phi) is 10.7. The Balaban J connectivity index is 0.000000123. The first-order valence-electron chi connectivity index (χ1n) is 19.9. The van der Waals surface area contributed by atoms with Crippen LogP contribution in [-0.4, -0.2) is 68.4 Å². The molecule has 10 aromatic rings. The number of rotatable bonds is 4. The number of aromatic amines is 2. The van der Waals surface area contributed by atoms with Gasteiger partial charge in [0.05, 0.1) is 46.0 Å². The second-order valence-corrected chi connectivity index (χ2v) is 16.8. The highest BCUT2D eigenvalue weighted by molar-refractivity contribution is 9.10. The van der Waals surface area contributed by atoms with Crippen molar-refractivity contribution in [3.8, 4) is 45.1 Å². The molecule has 0 radical (unpaired) electrons. The van der Waals surface area contributed by atoms with Crippen LogP contribution in [0.25, 0.3) is 77.5 Å². The molecule has 1 saturated heterocycles. The number of aromatic hydroxyl groups is 2. The van der Waals surface area contributed by atoms with E-state index < -0.39 is 0 Å². The number of pyridine rings is 6. The number of nitrogens with zero attached hydrogens (tertiary/aromatic N) is 6. The predicted octanol–water partition coefficient (Wildman–Crippen LogP) is 10.2. The average Bonchev–Trinajstić information content (AvgIpc) is 3.91. The number of H-pyrrole nitrogens is 2. The molecule has 0 spiro atoms. The van der Waals surface area contributed by atoms with Gasteiger partial charge in [-0.1, -0.05) is 24.3 Å². The Morgan fingerprint density at radius 1 is 0.516 bits per heavy atom. The Labute approximate surface area is 365 Å². The van der Waals surface area contributed by atoms with Gasteiger partial charge in [0.1, 0.15) is 22.8 Å². The fourth-order valence-corrected chi connectivity index (χ4v) is 7.42. The highest BCUT2D eigenvalue weighted by Crippen LogP contribution is 2.37. The molecule has 306 valence electrons. The van der Waals surface area contributed by atoms with Crippen molar-refractivity contribution in [3.63, 3.8) is 0 Å². The van der Waals surface area contributed by atoms with E-state index in [-0.39, 0.29) is 29.8 Å². The average molecular weight is 884 g/mol. The lowest BCUT2D eigenvalue weighted by Gasteiger charge is -2.32. The van der Waals surface area contributed by atoms with Crippen LogP contribution in [0.3, 0.4) is 0 Å². The van der Waals surface area contributed by atoms with E-state index in [1.54, 1.807) is 42.9 Å². The maximum atomic E-state index is 9.49. The van der Waals surface area contributed by atoms with Gasteiger partial charge in [-0.25, -0.2) is 9.97 Å². The second kappa shape index (κ2) is 16.5. The molecule has 0 atom stereocenters. The van der Waals surface area contributed by atoms with Crippen LogP contribution in [0.2, 0.25) is 0 Å². The molecule has 4 N–H and O–H groups in total. The summed E-state index contributed by atoms with van der Waals surface area (Å²) in [5, 5.41) is 23.0. The van der Waals surface area contributed by atoms with Crippen LogP contribution in [-0.2, 0) is 9.31 Å². The van der Waals surface area contributed by atoms with Gasteiger partial charge in [0.2, 0.25) is 0 Å². The number of fused-ring (bicyclic) bond motifs is 6. The second-order valence-electron chi connectivity index (χ2n) is 15.9. The third kappa shape index (κ3) is 8.23. The van der Waals surface area contributed by atoms with Crippen molar-refractivity contribution in [2.45, 2.75) is 38.9 Å². The zero-order valence-corrected chi connectivity index (χ0v) is 35.8. The summed E-state index contributed by atoms with van der Waals surface area (Å²) in [6.45, 7) is 8.08. The number of aromatic nitrogens is 8. The van der Waals surface area contributed by atoms with Crippen LogP contribution in [0, 0.1) is 0 Å². The van der Waals surface area contributed by atoms with E-state index in [4.69, 9.17) is 9.31 Å². The molecule has 8 aromatic heterocycles. The lowest BCUT2D eigenvalue weighted by Crippen LogP contribution is -2.41. The highest BCUT2D eigenvalue weighted by atomic mass is 79.9. The minimum Gasteiger partial charge on any atom is -0.508 e. The van der Waals surface area contributed by atoms with Crippen molar-refractivity contribution in [2.75, 3.05) is 0 Å². The quantitative estimate of drug-likeness (QED) is 0.125. The summed E-state index contributed by atoms with van der Waals surface area (Å²) in [5.74, 6) is 0.502. The van der Waals surface area contributed by atoms with Gasteiger partial charge in [-0.05, 0) is 127 Å². The van der Waals surface area contributed by atoms with Crippen LogP contribution in [0.1, 0.15) is 27.7 Å². The zero-order valence-electron chi connectivity index (χ0n) is 34.2. The summed E-state index contributed by atoms with van der Waals surface area (Å²) in [7, 11) is -0.356. The molecular weight excluding hydrogens is 843 g/mol. The van der Waals surface area contributed by atoms with Gasteiger partial charge in [-0.3, -0.25) is 19.9 Å². The molecule has 9 heterocycles. The Hall–Kier alpha value is -7.00. The summed E-state index contributed by atoms with van der Waals surface area (Å²) in [4.78, 5) is 32.9. The van der Waals surface area contributed by atoms with Crippen LogP contribution >= 0.6 is 15.9 Å². The SMILES string of the molecule is Brc1cnc2[nH]c3cnc(-c4cccnc4)cc3c2c1.CC1(C)OB(c2ccc(O)cc2)OC1(C)C.Oc1ccc(-c2cnc3[nH]c4cnc(-c5cccnc5)cc4c3c2)cc1. The molecule has 1 fully saturated rings. The van der Waals surface area contributed by atoms with Crippen molar-refractivity contribution in [1.82, 2.24) is 39.9 Å². The summed E-state index contributed by atoms with van der Waals surface area (Å²) < 4.78 is 12.7. The first kappa shape index (κ1) is 40.4. The van der Waals surface area contributed by atoms with E-state index in [0.717, 1.165) is 87.4 Å². The summed E-state index contributed by atoms with van der Waals surface area (Å²) in [6.07, 6.45) is 14.4. The van der Waals surface area contributed by atoms with Crippen molar-refractivity contribution >= 4 is 72.4 Å². The molecule has 0 aliphatic carbocycles. The minimum absolute atomic E-state index is 0.250. The molecule has 0 bridgehead atoms. The van der Waals surface area contributed by atoms with Gasteiger partial charge in [0, 0.05) is 79.9 Å². The molecule has 1 aliphatic rings. The molecule has 12 nitrogen and oxygen atoms in total. The number of hydrogen-bond acceptors (Lipinski definition) is 10. The largest absolute Gasteiger partial charge is 0.508 e. The predicted molar refractivity (Wildman–Crippen MR) is 248 cm³/mol. The van der Waals surface area contributed by atoms with Gasteiger partial charge in [0.25, 0.3) is 0 Å². The number of benzene rings is 2. The van der Waals surface area contributed by atoms with Gasteiger partial charge in [0.15, 0.2) is 0 Å². The van der Waals surface area contributed by atoms with Gasteiger partial charge in [-0.15, -0.1) is 0 Å². The third-order valence-corrected chi connectivity index (χ3v) is 11.6. The lowest BCUT2D eigenvalue weighted by molar-refractivity contribution is 0.00578. The number of nitrogens with one attached hydrogen (secondary N) is 2. The molecule has 0 saturated carbocycles. The first-order chi connectivity index (χ1) is 29.9. The fraction of sp³-hybridized carbons (Fsp3) is 0.125. The topological polar surface area (TPSA) is 168 Å². The minimum atomic E-state index is -0.356. The van der Waals surface area contributed by atoms with Gasteiger partial charge < -0.3 is 29.5 Å². The highest BCUT2D eigenvalue weighted by Gasteiger charge is 2.51. The Morgan fingerprint density at radius 3 is 1.53 bits per heavy atom. The van der Waals surface area contributed by atoms with E-state index >= 15 is 0 Å². The maximum Gasteiger partial charge on any atom is 0.494 e. The molecule has 0 amide bonds. The van der Waals surface area contributed by atoms with E-state index in [1.807, 2.05) is 107 Å². The zero-order chi connectivity index (χ0) is 43.0. The van der Waals surface area contributed by atoms with Crippen molar-refractivity contribution in [2.24, 2.45) is 0 Å². The Bertz CT molecular complexity index is 3160. The number of phenols is 2. The maximum absolute atomic E-state index is 9.49. The lowest BCUT2D eigenvalue weighted by atomic mass is 9.79. The van der Waals surface area contributed by atoms with Crippen molar-refractivity contribution in [1.29, 1.82) is 0 Å². The fourth-order valence-electron chi connectivity index (χ4n) is 7.09. The van der Waals surface area contributed by atoms with Crippen LogP contribution in [0.4, 0.5) is 0 Å². The molecule has 11 rings (SSSR count). The summed E-state index contributed by atoms with van der Waals surface area (Å²) in [6, 6.07) is 30.2. The molecule has 0 unspecified atom stereocenters. The van der Waals surface area contributed by atoms with E-state index in [2.05, 4.69) is 80.1 Å². The number of halogens is 1. The Morgan fingerprint density at radius 2 is 1.02 bits per heavy atom. The normalized spacial score (nSPS) is 14.1. The monoisotopic (exact) mass is 882 g/mol. The molecule has 62 heavy (non-hydrogen) atoms. The molecule has 2 aromatic carbocycles. The number of hydrogen-bond donors (Lipinski definition) is 4. The van der Waals surface area contributed by atoms with Crippen molar-refractivity contribution in [3.05, 3.63) is 151 Å². The van der Waals surface area contributed by atoms with E-state index in [9.17, 15) is 10.2 Å². The summed E-state index contributed by atoms with van der Waals surface area (Å²) >= 11 is 3.46. The summed E-state index contributed by atoms with van der Waals surface area (Å²) in [5.41, 5.74) is 9.68. The standard InChI is InChI=1S/C21H14N4O.C15H9BrN4.C12H17BO3/c26-16-5-3-13(4-6-16)15-8-18-17-9-19(14-2-1-7-22-10-14)23-12-20(17)25-21(18)24-11-15;16-10-4-12-11-5-13(9-2-1-3-17-6-9)18-8-14(11)20-15(12)19-7-10;1-11(2)12(3,4)16-13(15-11)9-5-7-10(14)8-6-9/h1-12,26H,(H,24,25);1-8H,(H,19,20);5-8,14H,1-4H3.